The van der Waals surface area contributed by atoms with Gasteiger partial charge in [-0.25, -0.2) is 4.98 Å². The third-order valence-electron chi connectivity index (χ3n) is 6.26. The van der Waals surface area contributed by atoms with Gasteiger partial charge in [-0.05, 0) is 42.7 Å². The minimum absolute atomic E-state index is 0.141. The van der Waals surface area contributed by atoms with E-state index in [9.17, 15) is 4.79 Å². The summed E-state index contributed by atoms with van der Waals surface area (Å²) in [6.45, 7) is 5.90. The van der Waals surface area contributed by atoms with Crippen LogP contribution in [0.5, 0.6) is 0 Å². The number of carbonyl (C=O) groups excluding carboxylic acids is 1. The standard InChI is InChI=1S/C24H28N4O2/c29-24(20-5-3-4-18(16-20)17-27-12-14-30-15-13-27)28-10-8-19(9-11-28)23-25-21-6-1-2-7-22(21)26-23/h1-7,16,19H,8-15,17H2,(H,25,26). The quantitative estimate of drug-likeness (QED) is 0.724. The second kappa shape index (κ2) is 8.58. The van der Waals surface area contributed by atoms with Gasteiger partial charge < -0.3 is 14.6 Å². The number of amides is 1. The maximum Gasteiger partial charge on any atom is 0.253 e. The number of nitrogens with one attached hydrogen (secondary N) is 1. The highest BCUT2D eigenvalue weighted by Gasteiger charge is 2.26. The Morgan fingerprint density at radius 3 is 2.63 bits per heavy atom. The Balaban J connectivity index is 1.21. The van der Waals surface area contributed by atoms with E-state index in [-0.39, 0.29) is 5.91 Å². The molecule has 1 aromatic heterocycles. The fraction of sp³-hybridized carbons (Fsp3) is 0.417. The zero-order chi connectivity index (χ0) is 20.3. The number of imidazole rings is 1. The van der Waals surface area contributed by atoms with Gasteiger partial charge in [-0.1, -0.05) is 24.3 Å². The average molecular weight is 405 g/mol. The minimum Gasteiger partial charge on any atom is -0.379 e. The molecule has 0 unspecified atom stereocenters. The fourth-order valence-electron chi connectivity index (χ4n) is 4.52. The van der Waals surface area contributed by atoms with E-state index >= 15 is 0 Å². The first-order chi connectivity index (χ1) is 14.8. The zero-order valence-electron chi connectivity index (χ0n) is 17.2. The van der Waals surface area contributed by atoms with Crippen LogP contribution in [0.25, 0.3) is 11.0 Å². The van der Waals surface area contributed by atoms with Crippen molar-refractivity contribution in [3.8, 4) is 0 Å². The lowest BCUT2D eigenvalue weighted by Gasteiger charge is -2.31. The molecule has 30 heavy (non-hydrogen) atoms. The van der Waals surface area contributed by atoms with E-state index in [4.69, 9.17) is 9.72 Å². The Labute approximate surface area is 176 Å². The number of rotatable bonds is 4. The lowest BCUT2D eigenvalue weighted by Crippen LogP contribution is -2.38. The number of ether oxygens (including phenoxy) is 1. The van der Waals surface area contributed by atoms with Crippen LogP contribution in [-0.2, 0) is 11.3 Å². The van der Waals surface area contributed by atoms with Crippen molar-refractivity contribution in [2.24, 2.45) is 0 Å². The SMILES string of the molecule is O=C(c1cccc(CN2CCOCC2)c1)N1CCC(c2nc3ccccc3[nH]2)CC1. The second-order valence-electron chi connectivity index (χ2n) is 8.29. The molecule has 0 saturated carbocycles. The van der Waals surface area contributed by atoms with Gasteiger partial charge in [-0.2, -0.15) is 0 Å². The van der Waals surface area contributed by atoms with Crippen molar-refractivity contribution >= 4 is 16.9 Å². The second-order valence-corrected chi connectivity index (χ2v) is 8.29. The molecule has 2 fully saturated rings. The van der Waals surface area contributed by atoms with Crippen LogP contribution < -0.4 is 0 Å². The molecule has 1 amide bonds. The number of aromatic amines is 1. The summed E-state index contributed by atoms with van der Waals surface area (Å²) in [4.78, 5) is 25.7. The van der Waals surface area contributed by atoms with Crippen molar-refractivity contribution in [3.05, 3.63) is 65.5 Å². The molecule has 156 valence electrons. The van der Waals surface area contributed by atoms with Crippen molar-refractivity contribution in [3.63, 3.8) is 0 Å². The summed E-state index contributed by atoms with van der Waals surface area (Å²) >= 11 is 0. The highest BCUT2D eigenvalue weighted by atomic mass is 16.5. The molecule has 0 spiro atoms. The van der Waals surface area contributed by atoms with Gasteiger partial charge in [0.05, 0.1) is 24.2 Å². The number of likely N-dealkylation sites (tertiary alicyclic amines) is 1. The molecular weight excluding hydrogens is 376 g/mol. The van der Waals surface area contributed by atoms with Crippen molar-refractivity contribution in [2.45, 2.75) is 25.3 Å². The summed E-state index contributed by atoms with van der Waals surface area (Å²) in [5.41, 5.74) is 4.09. The number of benzene rings is 2. The number of carbonyl (C=O) groups is 1. The van der Waals surface area contributed by atoms with Crippen LogP contribution in [0.1, 0.15) is 40.5 Å². The Bertz CT molecular complexity index is 984. The number of H-pyrrole nitrogens is 1. The summed E-state index contributed by atoms with van der Waals surface area (Å²) in [5, 5.41) is 0. The molecule has 2 aliphatic heterocycles. The number of nitrogens with zero attached hydrogens (tertiary/aromatic N) is 3. The highest BCUT2D eigenvalue weighted by molar-refractivity contribution is 5.94. The van der Waals surface area contributed by atoms with Crippen molar-refractivity contribution < 1.29 is 9.53 Å². The monoisotopic (exact) mass is 404 g/mol. The van der Waals surface area contributed by atoms with Crippen LogP contribution in [0, 0.1) is 0 Å². The number of para-hydroxylation sites is 2. The molecule has 6 nitrogen and oxygen atoms in total. The smallest absolute Gasteiger partial charge is 0.253 e. The molecule has 6 heteroatoms. The lowest BCUT2D eigenvalue weighted by molar-refractivity contribution is 0.0341. The molecule has 2 aromatic carbocycles. The van der Waals surface area contributed by atoms with Crippen molar-refractivity contribution in [1.82, 2.24) is 19.8 Å². The van der Waals surface area contributed by atoms with Crippen LogP contribution in [0.4, 0.5) is 0 Å². The first-order valence-corrected chi connectivity index (χ1v) is 10.9. The Kier molecular flexibility index (Phi) is 5.51. The third-order valence-corrected chi connectivity index (χ3v) is 6.26. The first kappa shape index (κ1) is 19.3. The molecule has 0 aliphatic carbocycles. The molecule has 5 rings (SSSR count). The molecule has 2 aliphatic rings. The van der Waals surface area contributed by atoms with Crippen molar-refractivity contribution in [1.29, 1.82) is 0 Å². The van der Waals surface area contributed by atoms with E-state index in [0.717, 1.165) is 81.2 Å². The molecule has 0 bridgehead atoms. The normalized spacial score (nSPS) is 18.7. The van der Waals surface area contributed by atoms with E-state index < -0.39 is 0 Å². The number of hydrogen-bond acceptors (Lipinski definition) is 4. The van der Waals surface area contributed by atoms with Crippen LogP contribution in [0.2, 0.25) is 0 Å². The van der Waals surface area contributed by atoms with E-state index in [1.165, 1.54) is 5.56 Å². The highest BCUT2D eigenvalue weighted by Crippen LogP contribution is 2.28. The van der Waals surface area contributed by atoms with Gasteiger partial charge in [0.1, 0.15) is 5.82 Å². The average Bonchev–Trinajstić information content (AvgIpc) is 3.24. The van der Waals surface area contributed by atoms with Gasteiger partial charge >= 0.3 is 0 Å². The van der Waals surface area contributed by atoms with Gasteiger partial charge in [0.25, 0.3) is 5.91 Å². The molecule has 3 heterocycles. The molecule has 0 atom stereocenters. The van der Waals surface area contributed by atoms with E-state index in [0.29, 0.717) is 5.92 Å². The molecule has 3 aromatic rings. The number of morpholine rings is 1. The van der Waals surface area contributed by atoms with Crippen molar-refractivity contribution in [2.75, 3.05) is 39.4 Å². The zero-order valence-corrected chi connectivity index (χ0v) is 17.2. The Morgan fingerprint density at radius 2 is 1.83 bits per heavy atom. The lowest BCUT2D eigenvalue weighted by atomic mass is 9.95. The van der Waals surface area contributed by atoms with Crippen LogP contribution in [-0.4, -0.2) is 65.1 Å². The predicted molar refractivity (Wildman–Crippen MR) is 117 cm³/mol. The largest absolute Gasteiger partial charge is 0.379 e. The summed E-state index contributed by atoms with van der Waals surface area (Å²) in [6, 6.07) is 16.3. The molecule has 1 N–H and O–H groups in total. The Hall–Kier alpha value is -2.70. The van der Waals surface area contributed by atoms with Crippen LogP contribution >= 0.6 is 0 Å². The molecule has 0 radical (unpaired) electrons. The van der Waals surface area contributed by atoms with E-state index in [1.807, 2.05) is 35.2 Å². The van der Waals surface area contributed by atoms with Gasteiger partial charge in [-0.15, -0.1) is 0 Å². The van der Waals surface area contributed by atoms with Crippen LogP contribution in [0.15, 0.2) is 48.5 Å². The van der Waals surface area contributed by atoms with Gasteiger partial charge in [0.15, 0.2) is 0 Å². The maximum atomic E-state index is 13.1. The number of fused-ring (bicyclic) bond motifs is 1. The van der Waals surface area contributed by atoms with E-state index in [1.54, 1.807) is 0 Å². The minimum atomic E-state index is 0.141. The predicted octanol–water partition coefficient (Wildman–Crippen LogP) is 3.41. The number of hydrogen-bond donors (Lipinski definition) is 1. The van der Waals surface area contributed by atoms with Gasteiger partial charge in [0.2, 0.25) is 0 Å². The summed E-state index contributed by atoms with van der Waals surface area (Å²) < 4.78 is 5.43. The third kappa shape index (κ3) is 4.11. The maximum absolute atomic E-state index is 13.1. The molecule has 2 saturated heterocycles. The van der Waals surface area contributed by atoms with Gasteiger partial charge in [-0.3, -0.25) is 9.69 Å². The first-order valence-electron chi connectivity index (χ1n) is 10.9. The topological polar surface area (TPSA) is 61.5 Å². The van der Waals surface area contributed by atoms with E-state index in [2.05, 4.69) is 28.1 Å². The summed E-state index contributed by atoms with van der Waals surface area (Å²) in [5.74, 6) is 1.58. The molecular formula is C24H28N4O2. The van der Waals surface area contributed by atoms with Gasteiger partial charge in [0, 0.05) is 44.2 Å². The summed E-state index contributed by atoms with van der Waals surface area (Å²) in [6.07, 6.45) is 1.89. The number of piperidine rings is 1. The summed E-state index contributed by atoms with van der Waals surface area (Å²) in [7, 11) is 0. The van der Waals surface area contributed by atoms with Crippen LogP contribution in [0.3, 0.4) is 0 Å². The Morgan fingerprint density at radius 1 is 1.03 bits per heavy atom. The number of aromatic nitrogens is 2. The fourth-order valence-corrected chi connectivity index (χ4v) is 4.52.